The number of piperazine rings is 1. The zero-order valence-electron chi connectivity index (χ0n) is 20.4. The van der Waals surface area contributed by atoms with Crippen molar-refractivity contribution < 1.29 is 18.9 Å². The zero-order chi connectivity index (χ0) is 23.0. The molecule has 1 N–H and O–H groups in total. The lowest BCUT2D eigenvalue weighted by Crippen LogP contribution is -2.52. The number of hydrogen-bond donors (Lipinski definition) is 1. The van der Waals surface area contributed by atoms with Crippen LogP contribution in [0.25, 0.3) is 0 Å². The highest BCUT2D eigenvalue weighted by Gasteiger charge is 2.42. The Hall–Kier alpha value is -2.19. The normalized spacial score (nSPS) is 18.4. The fraction of sp³-hybridized carbons (Fsp3) is 0.708. The molecule has 1 saturated heterocycles. The van der Waals surface area contributed by atoms with Crippen LogP contribution in [0.5, 0.6) is 17.2 Å². The van der Waals surface area contributed by atoms with Crippen LogP contribution in [-0.4, -0.2) is 90.1 Å². The van der Waals surface area contributed by atoms with Crippen molar-refractivity contribution in [3.8, 4) is 17.2 Å². The van der Waals surface area contributed by atoms with Gasteiger partial charge in [0.25, 0.3) is 0 Å². The molecule has 0 amide bonds. The lowest BCUT2D eigenvalue weighted by Gasteiger charge is -2.37. The quantitative estimate of drug-likeness (QED) is 0.317. The van der Waals surface area contributed by atoms with E-state index in [-0.39, 0.29) is 0 Å². The van der Waals surface area contributed by atoms with Gasteiger partial charge < -0.3 is 29.2 Å². The van der Waals surface area contributed by atoms with Crippen LogP contribution in [-0.2, 0) is 11.3 Å². The van der Waals surface area contributed by atoms with Gasteiger partial charge in [-0.05, 0) is 49.3 Å². The van der Waals surface area contributed by atoms with Gasteiger partial charge in [0.05, 0.1) is 21.3 Å². The van der Waals surface area contributed by atoms with Crippen LogP contribution in [0.2, 0.25) is 0 Å². The summed E-state index contributed by atoms with van der Waals surface area (Å²) >= 11 is 0. The van der Waals surface area contributed by atoms with Gasteiger partial charge in [0.2, 0.25) is 5.75 Å². The average Bonchev–Trinajstić information content (AvgIpc) is 3.59. The van der Waals surface area contributed by atoms with Crippen molar-refractivity contribution in [1.82, 2.24) is 15.1 Å². The van der Waals surface area contributed by atoms with Crippen LogP contribution in [0, 0.1) is 5.41 Å². The first-order valence-corrected chi connectivity index (χ1v) is 11.6. The molecule has 0 bridgehead atoms. The van der Waals surface area contributed by atoms with E-state index in [1.165, 1.54) is 12.8 Å². The monoisotopic (exact) mass is 448 g/mol. The summed E-state index contributed by atoms with van der Waals surface area (Å²) in [7, 11) is 6.82. The van der Waals surface area contributed by atoms with E-state index in [9.17, 15) is 0 Å². The van der Waals surface area contributed by atoms with E-state index in [2.05, 4.69) is 27.0 Å². The van der Waals surface area contributed by atoms with Gasteiger partial charge in [0.15, 0.2) is 17.5 Å². The van der Waals surface area contributed by atoms with Gasteiger partial charge in [-0.25, -0.2) is 0 Å². The topological polar surface area (TPSA) is 67.8 Å². The molecular formula is C24H40N4O4. The minimum atomic E-state index is 0.402. The zero-order valence-corrected chi connectivity index (χ0v) is 20.4. The summed E-state index contributed by atoms with van der Waals surface area (Å²) in [6.07, 6.45) is 3.70. The van der Waals surface area contributed by atoms with E-state index in [0.717, 1.165) is 70.4 Å². The third kappa shape index (κ3) is 6.19. The fourth-order valence-corrected chi connectivity index (χ4v) is 4.33. The van der Waals surface area contributed by atoms with Crippen molar-refractivity contribution in [3.63, 3.8) is 0 Å². The first-order chi connectivity index (χ1) is 15.6. The number of nitrogens with one attached hydrogen (secondary N) is 1. The molecule has 8 heteroatoms. The second-order valence-electron chi connectivity index (χ2n) is 8.64. The predicted molar refractivity (Wildman–Crippen MR) is 127 cm³/mol. The molecule has 0 atom stereocenters. The molecule has 32 heavy (non-hydrogen) atoms. The van der Waals surface area contributed by atoms with Crippen LogP contribution >= 0.6 is 0 Å². The van der Waals surface area contributed by atoms with E-state index in [0.29, 0.717) is 22.7 Å². The van der Waals surface area contributed by atoms with Gasteiger partial charge in [-0.2, -0.15) is 0 Å². The lowest BCUT2D eigenvalue weighted by atomic mass is 10.0. The largest absolute Gasteiger partial charge is 0.493 e. The van der Waals surface area contributed by atoms with E-state index >= 15 is 0 Å². The molecular weight excluding hydrogens is 408 g/mol. The van der Waals surface area contributed by atoms with Crippen LogP contribution < -0.4 is 19.5 Å². The summed E-state index contributed by atoms with van der Waals surface area (Å²) in [5, 5.41) is 3.63. The van der Waals surface area contributed by atoms with Crippen LogP contribution in [0.1, 0.15) is 31.7 Å². The van der Waals surface area contributed by atoms with Gasteiger partial charge >= 0.3 is 0 Å². The van der Waals surface area contributed by atoms with Gasteiger partial charge in [-0.1, -0.05) is 0 Å². The summed E-state index contributed by atoms with van der Waals surface area (Å²) in [5.74, 6) is 3.04. The minimum Gasteiger partial charge on any atom is -0.493 e. The van der Waals surface area contributed by atoms with E-state index < -0.39 is 0 Å². The predicted octanol–water partition coefficient (Wildman–Crippen LogP) is 2.61. The molecule has 1 saturated carbocycles. The van der Waals surface area contributed by atoms with Gasteiger partial charge in [-0.15, -0.1) is 0 Å². The van der Waals surface area contributed by atoms with Crippen molar-refractivity contribution in [2.75, 3.05) is 74.3 Å². The molecule has 0 spiro atoms. The summed E-state index contributed by atoms with van der Waals surface area (Å²) in [6, 6.07) is 4.07. The molecule has 1 aliphatic carbocycles. The molecule has 1 aromatic carbocycles. The Labute approximate surface area is 192 Å². The Kier molecular flexibility index (Phi) is 8.87. The number of guanidine groups is 1. The van der Waals surface area contributed by atoms with Crippen LogP contribution in [0.4, 0.5) is 0 Å². The standard InChI is InChI=1S/C24H40N4O4/c1-6-32-14-9-24(7-8-24)18-26-23(25-2)28-12-10-27(11-13-28)17-19-15-20(29-3)22(31-5)21(16-19)30-4/h15-16H,6-14,17-18H2,1-5H3,(H,25,26). The van der Waals surface area contributed by atoms with Crippen LogP contribution in [0.3, 0.4) is 0 Å². The summed E-state index contributed by atoms with van der Waals surface area (Å²) < 4.78 is 22.0. The lowest BCUT2D eigenvalue weighted by molar-refractivity contribution is 0.128. The summed E-state index contributed by atoms with van der Waals surface area (Å²) in [4.78, 5) is 9.37. The van der Waals surface area contributed by atoms with Crippen molar-refractivity contribution in [1.29, 1.82) is 0 Å². The number of hydrogen-bond acceptors (Lipinski definition) is 6. The Morgan fingerprint density at radius 2 is 1.69 bits per heavy atom. The molecule has 0 aromatic heterocycles. The third-order valence-electron chi connectivity index (χ3n) is 6.57. The highest BCUT2D eigenvalue weighted by atomic mass is 16.5. The maximum Gasteiger partial charge on any atom is 0.203 e. The Morgan fingerprint density at radius 3 is 2.19 bits per heavy atom. The number of ether oxygens (including phenoxy) is 4. The number of benzene rings is 1. The number of methoxy groups -OCH3 is 3. The summed E-state index contributed by atoms with van der Waals surface area (Å²) in [5.41, 5.74) is 1.56. The molecule has 3 rings (SSSR count). The molecule has 2 aliphatic rings. The number of nitrogens with zero attached hydrogens (tertiary/aromatic N) is 3. The van der Waals surface area contributed by atoms with Crippen molar-refractivity contribution in [3.05, 3.63) is 17.7 Å². The maximum absolute atomic E-state index is 5.56. The van der Waals surface area contributed by atoms with Gasteiger partial charge in [0.1, 0.15) is 0 Å². The van der Waals surface area contributed by atoms with Crippen molar-refractivity contribution in [2.24, 2.45) is 10.4 Å². The third-order valence-corrected chi connectivity index (χ3v) is 6.57. The molecule has 8 nitrogen and oxygen atoms in total. The van der Waals surface area contributed by atoms with Crippen LogP contribution in [0.15, 0.2) is 17.1 Å². The molecule has 1 aliphatic heterocycles. The van der Waals surface area contributed by atoms with Gasteiger partial charge in [0, 0.05) is 59.5 Å². The molecule has 1 aromatic rings. The molecule has 1 heterocycles. The number of aliphatic imine (C=N–C) groups is 1. The van der Waals surface area contributed by atoms with Crippen molar-refractivity contribution >= 4 is 5.96 Å². The maximum atomic E-state index is 5.56. The molecule has 0 unspecified atom stereocenters. The molecule has 2 fully saturated rings. The Balaban J connectivity index is 1.50. The van der Waals surface area contributed by atoms with E-state index in [1.54, 1.807) is 21.3 Å². The van der Waals surface area contributed by atoms with Gasteiger partial charge in [-0.3, -0.25) is 9.89 Å². The molecule has 0 radical (unpaired) electrons. The fourth-order valence-electron chi connectivity index (χ4n) is 4.33. The van der Waals surface area contributed by atoms with E-state index in [4.69, 9.17) is 18.9 Å². The van der Waals surface area contributed by atoms with Crippen molar-refractivity contribution in [2.45, 2.75) is 32.7 Å². The Morgan fingerprint density at radius 1 is 1.03 bits per heavy atom. The SMILES string of the molecule is CCOCCC1(CNC(=NC)N2CCN(Cc3cc(OC)c(OC)c(OC)c3)CC2)CC1. The summed E-state index contributed by atoms with van der Waals surface area (Å²) in [6.45, 7) is 9.41. The highest BCUT2D eigenvalue weighted by Crippen LogP contribution is 2.48. The van der Waals surface area contributed by atoms with E-state index in [1.807, 2.05) is 19.2 Å². The average molecular weight is 449 g/mol. The first-order valence-electron chi connectivity index (χ1n) is 11.6. The Bertz CT molecular complexity index is 733. The molecule has 180 valence electrons. The number of rotatable bonds is 11. The minimum absolute atomic E-state index is 0.402. The highest BCUT2D eigenvalue weighted by molar-refractivity contribution is 5.80. The first kappa shape index (κ1) is 24.5. The second kappa shape index (κ2) is 11.6. The second-order valence-corrected chi connectivity index (χ2v) is 8.64. The smallest absolute Gasteiger partial charge is 0.203 e.